The molecule has 5 heteroatoms. The Balaban J connectivity index is 1.90. The van der Waals surface area contributed by atoms with Crippen molar-refractivity contribution in [3.05, 3.63) is 53.7 Å². The highest BCUT2D eigenvalue weighted by Gasteiger charge is 2.35. The second-order valence-electron chi connectivity index (χ2n) is 6.22. The summed E-state index contributed by atoms with van der Waals surface area (Å²) in [6.45, 7) is 3.86. The van der Waals surface area contributed by atoms with Gasteiger partial charge < -0.3 is 14.3 Å². The first kappa shape index (κ1) is 15.1. The fourth-order valence-corrected chi connectivity index (χ4v) is 2.93. The van der Waals surface area contributed by atoms with E-state index in [1.165, 1.54) is 12.1 Å². The summed E-state index contributed by atoms with van der Waals surface area (Å²) in [6, 6.07) is 7.81. The van der Waals surface area contributed by atoms with Gasteiger partial charge in [0.1, 0.15) is 22.9 Å². The molecule has 2 atom stereocenters. The Labute approximate surface area is 128 Å². The van der Waals surface area contributed by atoms with E-state index < -0.39 is 5.60 Å². The second kappa shape index (κ2) is 5.74. The van der Waals surface area contributed by atoms with E-state index in [2.05, 4.69) is 5.32 Å². The van der Waals surface area contributed by atoms with E-state index in [1.54, 1.807) is 18.4 Å². The van der Waals surface area contributed by atoms with Crippen LogP contribution in [0.1, 0.15) is 43.7 Å². The van der Waals surface area contributed by atoms with Crippen molar-refractivity contribution in [2.75, 3.05) is 6.61 Å². The van der Waals surface area contributed by atoms with E-state index in [0.717, 1.165) is 5.56 Å². The van der Waals surface area contributed by atoms with Crippen molar-refractivity contribution >= 4 is 0 Å². The third kappa shape index (κ3) is 3.00. The van der Waals surface area contributed by atoms with Crippen LogP contribution in [0.3, 0.4) is 0 Å². The van der Waals surface area contributed by atoms with Gasteiger partial charge in [0.2, 0.25) is 0 Å². The lowest BCUT2D eigenvalue weighted by atomic mass is 9.89. The molecule has 0 fully saturated rings. The van der Waals surface area contributed by atoms with Crippen molar-refractivity contribution < 1.29 is 18.7 Å². The Morgan fingerprint density at radius 1 is 1.41 bits per heavy atom. The van der Waals surface area contributed by atoms with Crippen molar-refractivity contribution in [3.8, 4) is 5.75 Å². The molecule has 0 saturated carbocycles. The van der Waals surface area contributed by atoms with Gasteiger partial charge in [-0.2, -0.15) is 0 Å². The van der Waals surface area contributed by atoms with Gasteiger partial charge in [0.25, 0.3) is 0 Å². The first-order valence-electron chi connectivity index (χ1n) is 7.37. The zero-order valence-corrected chi connectivity index (χ0v) is 12.7. The topological polar surface area (TPSA) is 54.6 Å². The van der Waals surface area contributed by atoms with Crippen LogP contribution in [-0.4, -0.2) is 17.3 Å². The molecule has 2 heterocycles. The molecule has 0 bridgehead atoms. The molecule has 4 nitrogen and oxygen atoms in total. The van der Waals surface area contributed by atoms with E-state index in [1.807, 2.05) is 19.9 Å². The summed E-state index contributed by atoms with van der Waals surface area (Å²) >= 11 is 0. The van der Waals surface area contributed by atoms with Crippen LogP contribution >= 0.6 is 0 Å². The molecule has 1 aromatic carbocycles. The minimum atomic E-state index is -0.415. The van der Waals surface area contributed by atoms with Crippen molar-refractivity contribution in [1.29, 1.82) is 0 Å². The molecular weight excluding hydrogens is 285 g/mol. The molecule has 0 spiro atoms. The molecular formula is C17H20FNO3. The molecule has 0 radical (unpaired) electrons. The quantitative estimate of drug-likeness (QED) is 0.909. The maximum atomic E-state index is 13.5. The smallest absolute Gasteiger partial charge is 0.127 e. The van der Waals surface area contributed by atoms with Crippen LogP contribution in [-0.2, 0) is 0 Å². The highest BCUT2D eigenvalue weighted by atomic mass is 19.1. The normalized spacial score (nSPS) is 21.0. The van der Waals surface area contributed by atoms with E-state index in [4.69, 9.17) is 9.15 Å². The van der Waals surface area contributed by atoms with Crippen LogP contribution in [0.5, 0.6) is 5.75 Å². The fraction of sp³-hybridized carbons (Fsp3) is 0.412. The Morgan fingerprint density at radius 2 is 2.23 bits per heavy atom. The number of aliphatic hydroxyl groups is 1. The highest BCUT2D eigenvalue weighted by Crippen LogP contribution is 2.40. The van der Waals surface area contributed by atoms with Gasteiger partial charge in [0.15, 0.2) is 0 Å². The molecule has 1 aliphatic rings. The summed E-state index contributed by atoms with van der Waals surface area (Å²) in [7, 11) is 0. The largest absolute Gasteiger partial charge is 0.487 e. The van der Waals surface area contributed by atoms with Gasteiger partial charge in [-0.25, -0.2) is 4.39 Å². The minimum Gasteiger partial charge on any atom is -0.487 e. The Kier molecular flexibility index (Phi) is 3.93. The number of fused-ring (bicyclic) bond motifs is 1. The van der Waals surface area contributed by atoms with E-state index in [0.29, 0.717) is 17.9 Å². The van der Waals surface area contributed by atoms with Gasteiger partial charge in [-0.1, -0.05) is 6.07 Å². The van der Waals surface area contributed by atoms with E-state index in [-0.39, 0.29) is 24.5 Å². The molecule has 2 aromatic rings. The maximum absolute atomic E-state index is 13.5. The molecule has 0 amide bonds. The lowest BCUT2D eigenvalue weighted by molar-refractivity contribution is 0.0595. The molecule has 0 saturated heterocycles. The zero-order valence-electron chi connectivity index (χ0n) is 12.7. The van der Waals surface area contributed by atoms with Crippen LogP contribution in [0.25, 0.3) is 0 Å². The monoisotopic (exact) mass is 305 g/mol. The standard InChI is InChI=1S/C17H20FNO3/c1-17(2)9-13(12-6-5-11(18)8-16(12)22-17)19-14(10-20)15-4-3-7-21-15/h3-8,13-14,19-20H,9-10H2,1-2H3. The maximum Gasteiger partial charge on any atom is 0.127 e. The molecule has 3 rings (SSSR count). The average molecular weight is 305 g/mol. The average Bonchev–Trinajstić information content (AvgIpc) is 2.96. The first-order valence-corrected chi connectivity index (χ1v) is 7.37. The Hall–Kier alpha value is -1.85. The van der Waals surface area contributed by atoms with Gasteiger partial charge in [-0.05, 0) is 32.0 Å². The Bertz CT molecular complexity index is 639. The molecule has 1 aromatic heterocycles. The Morgan fingerprint density at radius 3 is 2.91 bits per heavy atom. The summed E-state index contributed by atoms with van der Waals surface area (Å²) in [5.41, 5.74) is 0.479. The van der Waals surface area contributed by atoms with Gasteiger partial charge in [-0.3, -0.25) is 5.32 Å². The number of benzene rings is 1. The molecule has 1 aliphatic heterocycles. The van der Waals surface area contributed by atoms with Gasteiger partial charge >= 0.3 is 0 Å². The van der Waals surface area contributed by atoms with E-state index in [9.17, 15) is 9.50 Å². The number of aliphatic hydroxyl groups excluding tert-OH is 1. The summed E-state index contributed by atoms with van der Waals surface area (Å²) < 4.78 is 24.7. The third-order valence-corrected chi connectivity index (χ3v) is 3.90. The van der Waals surface area contributed by atoms with Gasteiger partial charge in [0.05, 0.1) is 18.9 Å². The number of nitrogens with one attached hydrogen (secondary N) is 1. The lowest BCUT2D eigenvalue weighted by Gasteiger charge is -2.39. The number of halogens is 1. The summed E-state index contributed by atoms with van der Waals surface area (Å²) in [5, 5.41) is 13.0. The molecule has 22 heavy (non-hydrogen) atoms. The molecule has 2 N–H and O–H groups in total. The van der Waals surface area contributed by atoms with Gasteiger partial charge in [-0.15, -0.1) is 0 Å². The first-order chi connectivity index (χ1) is 10.5. The van der Waals surface area contributed by atoms with Crippen LogP contribution in [0.15, 0.2) is 41.0 Å². The van der Waals surface area contributed by atoms with Crippen molar-refractivity contribution in [2.45, 2.75) is 38.0 Å². The predicted octanol–water partition coefficient (Wildman–Crippen LogP) is 3.34. The summed E-state index contributed by atoms with van der Waals surface area (Å²) in [4.78, 5) is 0. The lowest BCUT2D eigenvalue weighted by Crippen LogP contribution is -2.41. The minimum absolute atomic E-state index is 0.0541. The fourth-order valence-electron chi connectivity index (χ4n) is 2.93. The zero-order chi connectivity index (χ0) is 15.7. The molecule has 0 aliphatic carbocycles. The number of ether oxygens (including phenoxy) is 1. The highest BCUT2D eigenvalue weighted by molar-refractivity contribution is 5.39. The number of hydrogen-bond acceptors (Lipinski definition) is 4. The van der Waals surface area contributed by atoms with Gasteiger partial charge in [0, 0.05) is 24.1 Å². The third-order valence-electron chi connectivity index (χ3n) is 3.90. The number of furan rings is 1. The van der Waals surface area contributed by atoms with Crippen molar-refractivity contribution in [1.82, 2.24) is 5.32 Å². The summed E-state index contributed by atoms with van der Waals surface area (Å²) in [6.07, 6.45) is 2.29. The van der Waals surface area contributed by atoms with Crippen LogP contribution in [0, 0.1) is 5.82 Å². The SMILES string of the molecule is CC1(C)CC(NC(CO)c2ccco2)c2ccc(F)cc2O1. The summed E-state index contributed by atoms with van der Waals surface area (Å²) in [5.74, 6) is 0.903. The van der Waals surface area contributed by atoms with Crippen LogP contribution in [0.2, 0.25) is 0 Å². The molecule has 2 unspecified atom stereocenters. The van der Waals surface area contributed by atoms with Crippen LogP contribution in [0.4, 0.5) is 4.39 Å². The van der Waals surface area contributed by atoms with Crippen molar-refractivity contribution in [3.63, 3.8) is 0 Å². The second-order valence-corrected chi connectivity index (χ2v) is 6.22. The van der Waals surface area contributed by atoms with Crippen LogP contribution < -0.4 is 10.1 Å². The molecule has 118 valence electrons. The number of rotatable bonds is 4. The van der Waals surface area contributed by atoms with E-state index >= 15 is 0 Å². The van der Waals surface area contributed by atoms with Crippen molar-refractivity contribution in [2.24, 2.45) is 0 Å². The predicted molar refractivity (Wildman–Crippen MR) is 80.1 cm³/mol. The number of hydrogen-bond donors (Lipinski definition) is 2.